The lowest BCUT2D eigenvalue weighted by molar-refractivity contribution is -0.137. The van der Waals surface area contributed by atoms with Gasteiger partial charge in [0.25, 0.3) is 0 Å². The number of benzene rings is 1. The second kappa shape index (κ2) is 6.67. The summed E-state index contributed by atoms with van der Waals surface area (Å²) in [6.45, 7) is 2.34. The third kappa shape index (κ3) is 4.01. The summed E-state index contributed by atoms with van der Waals surface area (Å²) in [5.41, 5.74) is 0.571. The number of ether oxygens (including phenoxy) is 2. The molecule has 0 aliphatic carbocycles. The average Bonchev–Trinajstić information content (AvgIpc) is 2.62. The van der Waals surface area contributed by atoms with Gasteiger partial charge in [0.15, 0.2) is 11.5 Å². The Morgan fingerprint density at radius 2 is 2.10 bits per heavy atom. The van der Waals surface area contributed by atoms with Gasteiger partial charge in [-0.05, 0) is 17.7 Å². The maximum Gasteiger partial charge on any atom is 0.305 e. The lowest BCUT2D eigenvalue weighted by atomic mass is 10.0. The van der Waals surface area contributed by atoms with Gasteiger partial charge in [0, 0.05) is 13.3 Å². The van der Waals surface area contributed by atoms with Crippen molar-refractivity contribution in [1.82, 2.24) is 5.32 Å². The maximum absolute atomic E-state index is 11.2. The Balaban J connectivity index is 2.36. The number of nitrogens with one attached hydrogen (secondary N) is 1. The first-order valence-electron chi connectivity index (χ1n) is 6.55. The zero-order chi connectivity index (χ0) is 15.4. The highest BCUT2D eigenvalue weighted by atomic mass is 35.5. The number of rotatable bonds is 4. The van der Waals surface area contributed by atoms with Crippen LogP contribution in [-0.2, 0) is 9.59 Å². The molecule has 1 aliphatic rings. The molecule has 6 nitrogen and oxygen atoms in total. The van der Waals surface area contributed by atoms with Crippen LogP contribution in [0.4, 0.5) is 0 Å². The SMILES string of the molecule is CC(=O)NC(CC(=O)O)c1cc(Cl)c2c(c1)OCCCO2. The van der Waals surface area contributed by atoms with E-state index in [0.29, 0.717) is 35.3 Å². The zero-order valence-corrected chi connectivity index (χ0v) is 12.3. The predicted molar refractivity (Wildman–Crippen MR) is 75.9 cm³/mol. The Morgan fingerprint density at radius 1 is 1.38 bits per heavy atom. The number of halogens is 1. The molecule has 0 radical (unpaired) electrons. The van der Waals surface area contributed by atoms with Crippen molar-refractivity contribution in [1.29, 1.82) is 0 Å². The smallest absolute Gasteiger partial charge is 0.305 e. The molecule has 0 fully saturated rings. The summed E-state index contributed by atoms with van der Waals surface area (Å²) in [5.74, 6) is -0.410. The molecule has 0 saturated carbocycles. The summed E-state index contributed by atoms with van der Waals surface area (Å²) in [4.78, 5) is 22.2. The standard InChI is InChI=1S/C14H16ClNO5/c1-8(17)16-11(7-13(18)19)9-5-10(15)14-12(6-9)20-3-2-4-21-14/h5-6,11H,2-4,7H2,1H3,(H,16,17)(H,18,19). The third-order valence-corrected chi connectivity index (χ3v) is 3.26. The van der Waals surface area contributed by atoms with Gasteiger partial charge in [0.1, 0.15) is 0 Å². The number of amides is 1. The quantitative estimate of drug-likeness (QED) is 0.889. The van der Waals surface area contributed by atoms with Gasteiger partial charge in [-0.1, -0.05) is 11.6 Å². The molecule has 1 aromatic carbocycles. The van der Waals surface area contributed by atoms with Crippen LogP contribution in [-0.4, -0.2) is 30.2 Å². The molecule has 0 saturated heterocycles. The van der Waals surface area contributed by atoms with Crippen molar-refractivity contribution in [2.24, 2.45) is 0 Å². The van der Waals surface area contributed by atoms with E-state index in [1.165, 1.54) is 6.92 Å². The molecule has 21 heavy (non-hydrogen) atoms. The second-order valence-corrected chi connectivity index (χ2v) is 5.14. The van der Waals surface area contributed by atoms with E-state index in [2.05, 4.69) is 5.32 Å². The topological polar surface area (TPSA) is 84.9 Å². The minimum atomic E-state index is -1.02. The van der Waals surface area contributed by atoms with Gasteiger partial charge < -0.3 is 19.9 Å². The molecule has 0 spiro atoms. The van der Waals surface area contributed by atoms with Crippen molar-refractivity contribution in [2.75, 3.05) is 13.2 Å². The molecule has 1 amide bonds. The molecule has 0 aromatic heterocycles. The van der Waals surface area contributed by atoms with Crippen molar-refractivity contribution in [2.45, 2.75) is 25.8 Å². The van der Waals surface area contributed by atoms with E-state index in [9.17, 15) is 9.59 Å². The Hall–Kier alpha value is -1.95. The van der Waals surface area contributed by atoms with Crippen LogP contribution in [0.2, 0.25) is 5.02 Å². The summed E-state index contributed by atoms with van der Waals surface area (Å²) in [6, 6.07) is 2.59. The van der Waals surface area contributed by atoms with E-state index in [1.54, 1.807) is 12.1 Å². The third-order valence-electron chi connectivity index (χ3n) is 2.98. The van der Waals surface area contributed by atoms with E-state index in [0.717, 1.165) is 6.42 Å². The molecular formula is C14H16ClNO5. The Bertz CT molecular complexity index is 545. The minimum absolute atomic E-state index is 0.241. The predicted octanol–water partition coefficient (Wildman–Crippen LogP) is 2.15. The van der Waals surface area contributed by atoms with Crippen molar-refractivity contribution < 1.29 is 24.2 Å². The van der Waals surface area contributed by atoms with Crippen LogP contribution in [0.1, 0.15) is 31.4 Å². The van der Waals surface area contributed by atoms with Gasteiger partial charge in [-0.3, -0.25) is 9.59 Å². The Labute approximate surface area is 127 Å². The van der Waals surface area contributed by atoms with Crippen LogP contribution in [0.3, 0.4) is 0 Å². The van der Waals surface area contributed by atoms with Crippen LogP contribution in [0.15, 0.2) is 12.1 Å². The Morgan fingerprint density at radius 3 is 2.76 bits per heavy atom. The molecule has 1 aliphatic heterocycles. The number of carbonyl (C=O) groups excluding carboxylic acids is 1. The van der Waals surface area contributed by atoms with Crippen LogP contribution < -0.4 is 14.8 Å². The van der Waals surface area contributed by atoms with Gasteiger partial charge >= 0.3 is 5.97 Å². The van der Waals surface area contributed by atoms with Crippen molar-refractivity contribution >= 4 is 23.5 Å². The van der Waals surface area contributed by atoms with Gasteiger partial charge in [0.05, 0.1) is 30.7 Å². The van der Waals surface area contributed by atoms with E-state index in [1.807, 2.05) is 0 Å². The number of aliphatic carboxylic acids is 1. The van der Waals surface area contributed by atoms with Gasteiger partial charge in [-0.25, -0.2) is 0 Å². The summed E-state index contributed by atoms with van der Waals surface area (Å²) in [6.07, 6.45) is 0.500. The largest absolute Gasteiger partial charge is 0.489 e. The van der Waals surface area contributed by atoms with E-state index >= 15 is 0 Å². The summed E-state index contributed by atoms with van der Waals surface area (Å²) < 4.78 is 11.1. The van der Waals surface area contributed by atoms with E-state index in [4.69, 9.17) is 26.2 Å². The molecule has 2 rings (SSSR count). The molecule has 7 heteroatoms. The number of carboxylic acid groups (broad SMARTS) is 1. The first-order chi connectivity index (χ1) is 9.97. The molecule has 1 atom stereocenters. The van der Waals surface area contributed by atoms with Crippen molar-refractivity contribution in [3.63, 3.8) is 0 Å². The number of carbonyl (C=O) groups is 2. The highest BCUT2D eigenvalue weighted by Crippen LogP contribution is 2.39. The monoisotopic (exact) mass is 313 g/mol. The summed E-state index contributed by atoms with van der Waals surface area (Å²) >= 11 is 6.17. The molecule has 1 heterocycles. The Kier molecular flexibility index (Phi) is 4.90. The lowest BCUT2D eigenvalue weighted by Gasteiger charge is -2.19. The molecule has 2 N–H and O–H groups in total. The second-order valence-electron chi connectivity index (χ2n) is 4.73. The van der Waals surface area contributed by atoms with E-state index in [-0.39, 0.29) is 12.3 Å². The van der Waals surface area contributed by atoms with Crippen molar-refractivity contribution in [3.8, 4) is 11.5 Å². The molecule has 0 bridgehead atoms. The van der Waals surface area contributed by atoms with Gasteiger partial charge in [-0.2, -0.15) is 0 Å². The number of carboxylic acids is 1. The highest BCUT2D eigenvalue weighted by molar-refractivity contribution is 6.32. The van der Waals surface area contributed by atoms with E-state index < -0.39 is 12.0 Å². The minimum Gasteiger partial charge on any atom is -0.489 e. The first-order valence-corrected chi connectivity index (χ1v) is 6.93. The molecule has 1 aromatic rings. The first kappa shape index (κ1) is 15.4. The van der Waals surface area contributed by atoms with Crippen LogP contribution in [0.5, 0.6) is 11.5 Å². The molecule has 114 valence electrons. The normalized spacial score (nSPS) is 15.0. The summed E-state index contributed by atoms with van der Waals surface area (Å²) in [7, 11) is 0. The van der Waals surface area contributed by atoms with Crippen LogP contribution in [0, 0.1) is 0 Å². The fourth-order valence-corrected chi connectivity index (χ4v) is 2.40. The number of hydrogen-bond donors (Lipinski definition) is 2. The number of hydrogen-bond acceptors (Lipinski definition) is 4. The lowest BCUT2D eigenvalue weighted by Crippen LogP contribution is -2.28. The molecular weight excluding hydrogens is 298 g/mol. The van der Waals surface area contributed by atoms with Gasteiger partial charge in [0.2, 0.25) is 5.91 Å². The van der Waals surface area contributed by atoms with Crippen LogP contribution >= 0.6 is 11.6 Å². The fourth-order valence-electron chi connectivity index (χ4n) is 2.12. The zero-order valence-electron chi connectivity index (χ0n) is 11.5. The fraction of sp³-hybridized carbons (Fsp3) is 0.429. The van der Waals surface area contributed by atoms with Crippen molar-refractivity contribution in [3.05, 3.63) is 22.7 Å². The average molecular weight is 314 g/mol. The summed E-state index contributed by atoms with van der Waals surface area (Å²) in [5, 5.41) is 11.9. The maximum atomic E-state index is 11.2. The van der Waals surface area contributed by atoms with Gasteiger partial charge in [-0.15, -0.1) is 0 Å². The highest BCUT2D eigenvalue weighted by Gasteiger charge is 2.22. The molecule has 1 unspecified atom stereocenters. The number of fused-ring (bicyclic) bond motifs is 1. The van der Waals surface area contributed by atoms with Crippen LogP contribution in [0.25, 0.3) is 0 Å².